The Balaban J connectivity index is 1.29. The maximum absolute atomic E-state index is 13.3. The number of hydrogen-bond donors (Lipinski definition) is 2. The number of anilines is 1. The normalized spacial score (nSPS) is 24.5. The van der Waals surface area contributed by atoms with Gasteiger partial charge in [-0.1, -0.05) is 66.7 Å². The molecule has 2 aliphatic heterocycles. The van der Waals surface area contributed by atoms with Crippen molar-refractivity contribution in [2.75, 3.05) is 31.1 Å². The van der Waals surface area contributed by atoms with Crippen LogP contribution in [0.4, 0.5) is 5.69 Å². The minimum Gasteiger partial charge on any atom is -0.322 e. The minimum atomic E-state index is -0.255. The number of imide groups is 1. The first-order chi connectivity index (χ1) is 14.7. The molecule has 1 atom stereocenters. The molecule has 2 saturated heterocycles. The highest BCUT2D eigenvalue weighted by Gasteiger charge is 2.47. The van der Waals surface area contributed by atoms with Crippen molar-refractivity contribution < 1.29 is 19.4 Å². The Kier molecular flexibility index (Phi) is 5.07. The third kappa shape index (κ3) is 3.51. The van der Waals surface area contributed by atoms with Gasteiger partial charge in [-0.25, -0.2) is 4.90 Å². The van der Waals surface area contributed by atoms with E-state index < -0.39 is 0 Å². The van der Waals surface area contributed by atoms with Crippen LogP contribution in [0.25, 0.3) is 10.8 Å². The number of carbonyl (C=O) groups excluding carboxylic acids is 2. The number of amides is 2. The molecule has 30 heavy (non-hydrogen) atoms. The van der Waals surface area contributed by atoms with Gasteiger partial charge in [-0.3, -0.25) is 9.59 Å². The fourth-order valence-electron chi connectivity index (χ4n) is 4.94. The van der Waals surface area contributed by atoms with E-state index >= 15 is 0 Å². The highest BCUT2D eigenvalue weighted by atomic mass is 16.2. The zero-order valence-electron chi connectivity index (χ0n) is 17.0. The Bertz CT molecular complexity index is 1070. The lowest BCUT2D eigenvalue weighted by atomic mass is 10.1. The lowest BCUT2D eigenvalue weighted by Gasteiger charge is -2.32. The molecule has 0 unspecified atom stereocenters. The second kappa shape index (κ2) is 8.01. The highest BCUT2D eigenvalue weighted by molar-refractivity contribution is 6.24. The van der Waals surface area contributed by atoms with Crippen molar-refractivity contribution in [1.29, 1.82) is 0 Å². The van der Waals surface area contributed by atoms with Crippen molar-refractivity contribution in [1.82, 2.24) is 0 Å². The first kappa shape index (κ1) is 19.0. The van der Waals surface area contributed by atoms with Crippen LogP contribution >= 0.6 is 0 Å². The summed E-state index contributed by atoms with van der Waals surface area (Å²) >= 11 is 0. The van der Waals surface area contributed by atoms with Gasteiger partial charge in [-0.05, 0) is 11.5 Å². The average molecular weight is 402 g/mol. The average Bonchev–Trinajstić information content (AvgIpc) is 3.08. The predicted molar refractivity (Wildman–Crippen MR) is 116 cm³/mol. The number of fused-ring (bicyclic) bond motifs is 1. The Morgan fingerprint density at radius 2 is 1.50 bits per heavy atom. The van der Waals surface area contributed by atoms with Crippen LogP contribution in [0.5, 0.6) is 0 Å². The molecule has 5 nitrogen and oxygen atoms in total. The lowest BCUT2D eigenvalue weighted by molar-refractivity contribution is -1.02. The van der Waals surface area contributed by atoms with Gasteiger partial charge in [0.2, 0.25) is 5.91 Å². The lowest BCUT2D eigenvalue weighted by Crippen LogP contribution is -3.29. The summed E-state index contributed by atoms with van der Waals surface area (Å²) in [6, 6.07) is 24.1. The van der Waals surface area contributed by atoms with E-state index in [-0.39, 0.29) is 17.9 Å². The van der Waals surface area contributed by atoms with Crippen molar-refractivity contribution in [2.45, 2.75) is 19.0 Å². The fourth-order valence-corrected chi connectivity index (χ4v) is 4.94. The number of quaternary nitrogens is 2. The molecule has 2 N–H and O–H groups in total. The largest absolute Gasteiger partial charge is 0.322 e. The van der Waals surface area contributed by atoms with Gasteiger partial charge >= 0.3 is 0 Å². The van der Waals surface area contributed by atoms with Crippen LogP contribution in [0.15, 0.2) is 72.8 Å². The maximum atomic E-state index is 13.3. The van der Waals surface area contributed by atoms with Crippen molar-refractivity contribution in [3.8, 4) is 0 Å². The second-order valence-corrected chi connectivity index (χ2v) is 8.39. The summed E-state index contributed by atoms with van der Waals surface area (Å²) in [5.41, 5.74) is 2.07. The molecule has 2 aliphatic rings. The van der Waals surface area contributed by atoms with Crippen LogP contribution in [0.3, 0.4) is 0 Å². The fraction of sp³-hybridized carbons (Fsp3) is 0.280. The molecule has 0 radical (unpaired) electrons. The van der Waals surface area contributed by atoms with Crippen LogP contribution in [0.1, 0.15) is 12.0 Å². The first-order valence-corrected chi connectivity index (χ1v) is 10.8. The smallest absolute Gasteiger partial charge is 0.292 e. The van der Waals surface area contributed by atoms with Gasteiger partial charge in [0.05, 0.1) is 12.1 Å². The van der Waals surface area contributed by atoms with Gasteiger partial charge in [-0.15, -0.1) is 0 Å². The van der Waals surface area contributed by atoms with Crippen LogP contribution in [-0.2, 0) is 16.1 Å². The van der Waals surface area contributed by atoms with Crippen LogP contribution in [0.2, 0.25) is 0 Å². The molecule has 5 heteroatoms. The predicted octanol–water partition coefficient (Wildman–Crippen LogP) is 0.455. The van der Waals surface area contributed by atoms with E-state index in [0.29, 0.717) is 6.42 Å². The van der Waals surface area contributed by atoms with Crippen LogP contribution in [0, 0.1) is 0 Å². The molecule has 3 aromatic carbocycles. The van der Waals surface area contributed by atoms with E-state index in [1.807, 2.05) is 48.5 Å². The number of carbonyl (C=O) groups is 2. The zero-order chi connectivity index (χ0) is 20.5. The van der Waals surface area contributed by atoms with Crippen LogP contribution < -0.4 is 14.7 Å². The number of piperazine rings is 1. The van der Waals surface area contributed by atoms with Gasteiger partial charge in [0, 0.05) is 10.9 Å². The van der Waals surface area contributed by atoms with E-state index in [1.165, 1.54) is 15.4 Å². The molecule has 0 saturated carbocycles. The van der Waals surface area contributed by atoms with E-state index in [2.05, 4.69) is 24.3 Å². The van der Waals surface area contributed by atoms with Crippen molar-refractivity contribution in [3.63, 3.8) is 0 Å². The topological polar surface area (TPSA) is 46.3 Å². The molecule has 2 heterocycles. The third-order valence-corrected chi connectivity index (χ3v) is 6.54. The number of nitrogens with one attached hydrogen (secondary N) is 2. The highest BCUT2D eigenvalue weighted by Crippen LogP contribution is 2.30. The van der Waals surface area contributed by atoms with E-state index in [4.69, 9.17) is 0 Å². The number of hydrogen-bond acceptors (Lipinski definition) is 2. The quantitative estimate of drug-likeness (QED) is 0.624. The molecule has 0 aliphatic carbocycles. The van der Waals surface area contributed by atoms with Crippen molar-refractivity contribution in [3.05, 3.63) is 78.4 Å². The number of nitrogens with zero attached hydrogens (tertiary/aromatic N) is 1. The SMILES string of the molecule is O=C1C[C@H]([NH+]2CC[NH+](Cc3ccccc3)CC2)C(=O)N1c1cccc2ccccc12. The summed E-state index contributed by atoms with van der Waals surface area (Å²) in [6.45, 7) is 4.92. The maximum Gasteiger partial charge on any atom is 0.292 e. The second-order valence-electron chi connectivity index (χ2n) is 8.39. The van der Waals surface area contributed by atoms with Gasteiger partial charge in [0.25, 0.3) is 5.91 Å². The van der Waals surface area contributed by atoms with Crippen molar-refractivity contribution in [2.24, 2.45) is 0 Å². The summed E-state index contributed by atoms with van der Waals surface area (Å²) in [5.74, 6) is -0.120. The van der Waals surface area contributed by atoms with Crippen LogP contribution in [-0.4, -0.2) is 44.0 Å². The monoisotopic (exact) mass is 401 g/mol. The number of rotatable bonds is 4. The van der Waals surface area contributed by atoms with E-state index in [1.54, 1.807) is 4.90 Å². The molecule has 5 rings (SSSR count). The zero-order valence-corrected chi connectivity index (χ0v) is 17.0. The summed E-state index contributed by atoms with van der Waals surface area (Å²) in [6.07, 6.45) is 0.311. The Labute approximate surface area is 176 Å². The molecular formula is C25H27N3O2+2. The van der Waals surface area contributed by atoms with Gasteiger partial charge in [-0.2, -0.15) is 0 Å². The van der Waals surface area contributed by atoms with Crippen molar-refractivity contribution >= 4 is 28.3 Å². The molecule has 0 aromatic heterocycles. The molecule has 0 spiro atoms. The minimum absolute atomic E-state index is 0.0436. The van der Waals surface area contributed by atoms with E-state index in [9.17, 15) is 9.59 Å². The Hall–Kier alpha value is -3.02. The number of benzene rings is 3. The van der Waals surface area contributed by atoms with Gasteiger partial charge in [0.1, 0.15) is 32.7 Å². The Morgan fingerprint density at radius 3 is 2.30 bits per heavy atom. The Morgan fingerprint density at radius 1 is 0.800 bits per heavy atom. The molecule has 0 bridgehead atoms. The molecule has 152 valence electrons. The van der Waals surface area contributed by atoms with Gasteiger partial charge < -0.3 is 9.80 Å². The summed E-state index contributed by atoms with van der Waals surface area (Å²) in [4.78, 5) is 30.4. The molecular weight excluding hydrogens is 374 g/mol. The molecule has 2 fully saturated rings. The summed E-state index contributed by atoms with van der Waals surface area (Å²) < 4.78 is 0. The third-order valence-electron chi connectivity index (χ3n) is 6.54. The standard InChI is InChI=1S/C25H25N3O2/c29-24-17-23(27-15-13-26(14-16-27)18-19-7-2-1-3-8-19)25(30)28(24)22-12-6-10-20-9-4-5-11-21(20)22/h1-12,23H,13-18H2/p+2/t23-/m0/s1. The van der Waals surface area contributed by atoms with Gasteiger partial charge in [0.15, 0.2) is 6.04 Å². The first-order valence-electron chi connectivity index (χ1n) is 10.8. The summed E-state index contributed by atoms with van der Waals surface area (Å²) in [5, 5.41) is 2.00. The van der Waals surface area contributed by atoms with E-state index in [0.717, 1.165) is 49.2 Å². The molecule has 3 aromatic rings. The molecule has 2 amide bonds. The summed E-state index contributed by atoms with van der Waals surface area (Å²) in [7, 11) is 0.